The van der Waals surface area contributed by atoms with Crippen LogP contribution in [0.4, 0.5) is 0 Å². The molecule has 102 valence electrons. The van der Waals surface area contributed by atoms with Crippen LogP contribution in [0.2, 0.25) is 0 Å². The van der Waals surface area contributed by atoms with E-state index >= 15 is 0 Å². The van der Waals surface area contributed by atoms with Gasteiger partial charge >= 0.3 is 0 Å². The molecular formula is C11H12ClN3O3S. The van der Waals surface area contributed by atoms with E-state index in [2.05, 4.69) is 10.1 Å². The lowest BCUT2D eigenvalue weighted by Gasteiger charge is -2.05. The number of aromatic nitrogens is 3. The van der Waals surface area contributed by atoms with Gasteiger partial charge in [-0.1, -0.05) is 6.92 Å². The van der Waals surface area contributed by atoms with Crippen molar-refractivity contribution in [2.45, 2.75) is 24.8 Å². The summed E-state index contributed by atoms with van der Waals surface area (Å²) in [5.41, 5.74) is 0. The van der Waals surface area contributed by atoms with Crippen molar-refractivity contribution >= 4 is 19.7 Å². The molecule has 0 amide bonds. The Morgan fingerprint density at radius 1 is 1.47 bits per heavy atom. The minimum atomic E-state index is -3.90. The minimum Gasteiger partial charge on any atom is -0.434 e. The largest absolute Gasteiger partial charge is 0.434 e. The van der Waals surface area contributed by atoms with Crippen molar-refractivity contribution in [2.24, 2.45) is 0 Å². The number of aryl methyl sites for hydroxylation is 1. The molecule has 6 nitrogen and oxygen atoms in total. The first-order valence-electron chi connectivity index (χ1n) is 5.60. The Kier molecular flexibility index (Phi) is 4.06. The van der Waals surface area contributed by atoms with Crippen molar-refractivity contribution in [3.05, 3.63) is 30.7 Å². The minimum absolute atomic E-state index is 0.0615. The molecule has 0 aromatic carbocycles. The average molecular weight is 302 g/mol. The fraction of sp³-hybridized carbons (Fsp3) is 0.273. The maximum absolute atomic E-state index is 11.4. The van der Waals surface area contributed by atoms with E-state index in [1.165, 1.54) is 24.5 Å². The zero-order valence-electron chi connectivity index (χ0n) is 10.2. The van der Waals surface area contributed by atoms with E-state index in [1.54, 1.807) is 10.9 Å². The molecule has 0 N–H and O–H groups in total. The molecule has 0 aliphatic heterocycles. The van der Waals surface area contributed by atoms with Gasteiger partial charge in [0.2, 0.25) is 5.88 Å². The van der Waals surface area contributed by atoms with Crippen molar-refractivity contribution in [1.82, 2.24) is 14.8 Å². The number of nitrogens with zero attached hydrogens (tertiary/aromatic N) is 3. The molecule has 0 fully saturated rings. The number of pyridine rings is 1. The highest BCUT2D eigenvalue weighted by molar-refractivity contribution is 8.13. The quantitative estimate of drug-likeness (QED) is 0.793. The highest BCUT2D eigenvalue weighted by atomic mass is 35.7. The van der Waals surface area contributed by atoms with Crippen LogP contribution < -0.4 is 4.74 Å². The molecule has 0 unspecified atom stereocenters. The third-order valence-electron chi connectivity index (χ3n) is 2.28. The van der Waals surface area contributed by atoms with Crippen LogP contribution in [0.3, 0.4) is 0 Å². The molecule has 0 aliphatic carbocycles. The van der Waals surface area contributed by atoms with Gasteiger partial charge < -0.3 is 4.74 Å². The predicted molar refractivity (Wildman–Crippen MR) is 69.9 cm³/mol. The SMILES string of the molecule is CCCn1cc(Oc2ncccc2S(=O)(=O)Cl)cn1. The Morgan fingerprint density at radius 3 is 2.95 bits per heavy atom. The maximum atomic E-state index is 11.4. The van der Waals surface area contributed by atoms with Gasteiger partial charge in [-0.25, -0.2) is 13.4 Å². The Hall–Kier alpha value is -1.60. The van der Waals surface area contributed by atoms with Gasteiger partial charge in [-0.15, -0.1) is 0 Å². The van der Waals surface area contributed by atoms with Gasteiger partial charge in [-0.3, -0.25) is 4.68 Å². The molecule has 2 aromatic rings. The van der Waals surface area contributed by atoms with Crippen molar-refractivity contribution in [1.29, 1.82) is 0 Å². The Balaban J connectivity index is 2.28. The maximum Gasteiger partial charge on any atom is 0.266 e. The van der Waals surface area contributed by atoms with Gasteiger partial charge in [0, 0.05) is 23.4 Å². The van der Waals surface area contributed by atoms with E-state index in [4.69, 9.17) is 15.4 Å². The third kappa shape index (κ3) is 3.45. The number of halogens is 1. The summed E-state index contributed by atoms with van der Waals surface area (Å²) >= 11 is 0. The van der Waals surface area contributed by atoms with Crippen molar-refractivity contribution in [3.63, 3.8) is 0 Å². The Labute approximate surface area is 115 Å². The molecule has 19 heavy (non-hydrogen) atoms. The van der Waals surface area contributed by atoms with Crippen LogP contribution in [0, 0.1) is 0 Å². The fourth-order valence-electron chi connectivity index (χ4n) is 1.50. The summed E-state index contributed by atoms with van der Waals surface area (Å²) in [6.07, 6.45) is 5.53. The fourth-order valence-corrected chi connectivity index (χ4v) is 2.39. The Bertz CT molecular complexity index is 669. The van der Waals surface area contributed by atoms with Crippen LogP contribution >= 0.6 is 10.7 Å². The van der Waals surface area contributed by atoms with Crippen LogP contribution in [0.1, 0.15) is 13.3 Å². The standard InChI is InChI=1S/C11H12ClN3O3S/c1-2-6-15-8-9(7-14-15)18-11-10(19(12,16)17)4-3-5-13-11/h3-5,7-8H,2,6H2,1H3. The van der Waals surface area contributed by atoms with E-state index in [1.807, 2.05) is 6.92 Å². The van der Waals surface area contributed by atoms with E-state index < -0.39 is 9.05 Å². The lowest BCUT2D eigenvalue weighted by molar-refractivity contribution is 0.446. The lowest BCUT2D eigenvalue weighted by Crippen LogP contribution is -1.98. The highest BCUT2D eigenvalue weighted by Crippen LogP contribution is 2.28. The highest BCUT2D eigenvalue weighted by Gasteiger charge is 2.18. The van der Waals surface area contributed by atoms with Gasteiger partial charge in [0.25, 0.3) is 9.05 Å². The molecule has 0 spiro atoms. The number of rotatable bonds is 5. The second-order valence-electron chi connectivity index (χ2n) is 3.79. The van der Waals surface area contributed by atoms with Crippen LogP contribution in [0.5, 0.6) is 11.6 Å². The summed E-state index contributed by atoms with van der Waals surface area (Å²) in [4.78, 5) is 3.71. The summed E-state index contributed by atoms with van der Waals surface area (Å²) in [5.74, 6) is 0.349. The van der Waals surface area contributed by atoms with Gasteiger partial charge in [0.15, 0.2) is 5.75 Å². The molecular weight excluding hydrogens is 290 g/mol. The monoisotopic (exact) mass is 301 g/mol. The average Bonchev–Trinajstić information content (AvgIpc) is 2.76. The first-order valence-corrected chi connectivity index (χ1v) is 7.91. The van der Waals surface area contributed by atoms with Crippen molar-refractivity contribution in [2.75, 3.05) is 0 Å². The van der Waals surface area contributed by atoms with Crippen LogP contribution in [-0.2, 0) is 15.6 Å². The van der Waals surface area contributed by atoms with Crippen molar-refractivity contribution < 1.29 is 13.2 Å². The number of hydrogen-bond acceptors (Lipinski definition) is 5. The van der Waals surface area contributed by atoms with Gasteiger partial charge in [0.05, 0.1) is 12.4 Å². The molecule has 0 atom stereocenters. The molecule has 0 bridgehead atoms. The van der Waals surface area contributed by atoms with Gasteiger partial charge in [-0.2, -0.15) is 5.10 Å². The number of ether oxygens (including phenoxy) is 1. The molecule has 0 saturated carbocycles. The second-order valence-corrected chi connectivity index (χ2v) is 6.32. The zero-order chi connectivity index (χ0) is 13.9. The molecule has 0 saturated heterocycles. The van der Waals surface area contributed by atoms with Gasteiger partial charge in [0.1, 0.15) is 4.90 Å². The molecule has 0 radical (unpaired) electrons. The van der Waals surface area contributed by atoms with E-state index in [9.17, 15) is 8.42 Å². The number of hydrogen-bond donors (Lipinski definition) is 0. The Morgan fingerprint density at radius 2 is 2.26 bits per heavy atom. The lowest BCUT2D eigenvalue weighted by atomic mass is 10.5. The molecule has 0 aliphatic rings. The third-order valence-corrected chi connectivity index (χ3v) is 3.61. The van der Waals surface area contributed by atoms with Crippen LogP contribution in [0.15, 0.2) is 35.6 Å². The summed E-state index contributed by atoms with van der Waals surface area (Å²) in [6.45, 7) is 2.78. The van der Waals surface area contributed by atoms with E-state index in [-0.39, 0.29) is 10.8 Å². The summed E-state index contributed by atoms with van der Waals surface area (Å²) in [7, 11) is 1.42. The zero-order valence-corrected chi connectivity index (χ0v) is 11.7. The molecule has 2 rings (SSSR count). The van der Waals surface area contributed by atoms with Crippen molar-refractivity contribution in [3.8, 4) is 11.6 Å². The van der Waals surface area contributed by atoms with E-state index in [0.29, 0.717) is 5.75 Å². The summed E-state index contributed by atoms with van der Waals surface area (Å²) < 4.78 is 29.9. The molecule has 2 heterocycles. The first kappa shape index (κ1) is 13.8. The molecule has 8 heteroatoms. The van der Waals surface area contributed by atoms with E-state index in [0.717, 1.165) is 13.0 Å². The normalized spacial score (nSPS) is 11.5. The van der Waals surface area contributed by atoms with Crippen LogP contribution in [-0.4, -0.2) is 23.2 Å². The first-order chi connectivity index (χ1) is 9.00. The second kappa shape index (κ2) is 5.58. The van der Waals surface area contributed by atoms with Crippen LogP contribution in [0.25, 0.3) is 0 Å². The molecule has 2 aromatic heterocycles. The van der Waals surface area contributed by atoms with Gasteiger partial charge in [-0.05, 0) is 18.6 Å². The topological polar surface area (TPSA) is 74.1 Å². The predicted octanol–water partition coefficient (Wildman–Crippen LogP) is 2.41. The smallest absolute Gasteiger partial charge is 0.266 e. The summed E-state index contributed by atoms with van der Waals surface area (Å²) in [5, 5.41) is 4.08. The summed E-state index contributed by atoms with van der Waals surface area (Å²) in [6, 6.07) is 2.81.